The Bertz CT molecular complexity index is 1180. The van der Waals surface area contributed by atoms with E-state index in [2.05, 4.69) is 0 Å². The Morgan fingerprint density at radius 1 is 0.939 bits per heavy atom. The molecular weight excluding hydrogens is 435 g/mol. The van der Waals surface area contributed by atoms with Crippen molar-refractivity contribution in [1.29, 1.82) is 0 Å². The maximum Gasteiger partial charge on any atom is 0.410 e. The van der Waals surface area contributed by atoms with Gasteiger partial charge >= 0.3 is 12.1 Å². The van der Waals surface area contributed by atoms with E-state index in [4.69, 9.17) is 4.74 Å². The van der Waals surface area contributed by atoms with Crippen molar-refractivity contribution in [2.45, 2.75) is 18.9 Å². The van der Waals surface area contributed by atoms with Crippen LogP contribution in [0, 0.1) is 17.5 Å². The normalized spacial score (nSPS) is 13.2. The van der Waals surface area contributed by atoms with E-state index in [0.717, 1.165) is 27.2 Å². The maximum atomic E-state index is 14.3. The van der Waals surface area contributed by atoms with Gasteiger partial charge < -0.3 is 9.84 Å². The molecule has 1 amide bonds. The van der Waals surface area contributed by atoms with E-state index in [1.54, 1.807) is 0 Å². The summed E-state index contributed by atoms with van der Waals surface area (Å²) >= 11 is 0. The fourth-order valence-electron chi connectivity index (χ4n) is 4.28. The smallest absolute Gasteiger partial charge is 0.410 e. The van der Waals surface area contributed by atoms with Crippen LogP contribution in [-0.4, -0.2) is 35.2 Å². The molecule has 3 aromatic carbocycles. The zero-order chi connectivity index (χ0) is 23.7. The van der Waals surface area contributed by atoms with Crippen LogP contribution in [-0.2, 0) is 9.53 Å². The van der Waals surface area contributed by atoms with Crippen molar-refractivity contribution in [2.24, 2.45) is 0 Å². The van der Waals surface area contributed by atoms with Crippen LogP contribution in [0.25, 0.3) is 11.1 Å². The van der Waals surface area contributed by atoms with E-state index in [0.29, 0.717) is 6.07 Å². The van der Waals surface area contributed by atoms with Crippen molar-refractivity contribution < 1.29 is 32.6 Å². The molecule has 0 fully saturated rings. The highest BCUT2D eigenvalue weighted by Crippen LogP contribution is 2.44. The average Bonchev–Trinajstić information content (AvgIpc) is 3.12. The number of carbonyl (C=O) groups is 2. The van der Waals surface area contributed by atoms with Gasteiger partial charge in [0.2, 0.25) is 0 Å². The molecule has 0 bridgehead atoms. The number of hydrogen-bond donors (Lipinski definition) is 1. The van der Waals surface area contributed by atoms with Crippen LogP contribution in [0.4, 0.5) is 18.0 Å². The number of amides is 1. The number of carboxylic acid groups (broad SMARTS) is 1. The number of carbonyl (C=O) groups excluding carboxylic acids is 1. The van der Waals surface area contributed by atoms with Gasteiger partial charge in [0.05, 0.1) is 0 Å². The molecule has 170 valence electrons. The number of benzene rings is 3. The molecule has 33 heavy (non-hydrogen) atoms. The summed E-state index contributed by atoms with van der Waals surface area (Å²) < 4.78 is 46.8. The Labute approximate surface area is 188 Å². The Hall–Kier alpha value is -3.81. The van der Waals surface area contributed by atoms with Crippen molar-refractivity contribution in [1.82, 2.24) is 4.90 Å². The Balaban J connectivity index is 1.60. The molecule has 1 aliphatic carbocycles. The predicted octanol–water partition coefficient (Wildman–Crippen LogP) is 5.50. The Morgan fingerprint density at radius 3 is 2.03 bits per heavy atom. The van der Waals surface area contributed by atoms with Crippen LogP contribution in [0.15, 0.2) is 60.7 Å². The summed E-state index contributed by atoms with van der Waals surface area (Å²) in [5, 5.41) is 9.67. The highest BCUT2D eigenvalue weighted by Gasteiger charge is 2.36. The lowest BCUT2D eigenvalue weighted by Crippen LogP contribution is -2.40. The highest BCUT2D eigenvalue weighted by molar-refractivity contribution is 5.82. The van der Waals surface area contributed by atoms with Gasteiger partial charge in [0.25, 0.3) is 0 Å². The minimum atomic E-state index is -1.89. The van der Waals surface area contributed by atoms with Gasteiger partial charge in [-0.3, -0.25) is 4.90 Å². The first kappa shape index (κ1) is 22.4. The third kappa shape index (κ3) is 4.04. The molecule has 1 unspecified atom stereocenters. The molecule has 0 saturated carbocycles. The van der Waals surface area contributed by atoms with E-state index in [1.165, 1.54) is 6.92 Å². The first-order valence-electron chi connectivity index (χ1n) is 10.3. The molecule has 1 atom stereocenters. The molecular formula is C25H20F3NO4. The van der Waals surface area contributed by atoms with E-state index < -0.39 is 41.1 Å². The lowest BCUT2D eigenvalue weighted by atomic mass is 9.98. The number of aliphatic carboxylic acids is 1. The summed E-state index contributed by atoms with van der Waals surface area (Å²) in [7, 11) is 0. The molecule has 0 saturated heterocycles. The van der Waals surface area contributed by atoms with Gasteiger partial charge in [-0.25, -0.2) is 22.8 Å². The lowest BCUT2D eigenvalue weighted by Gasteiger charge is -2.28. The van der Waals surface area contributed by atoms with Crippen LogP contribution >= 0.6 is 0 Å². The number of halogens is 3. The second kappa shape index (κ2) is 8.97. The van der Waals surface area contributed by atoms with Gasteiger partial charge in [0.1, 0.15) is 12.4 Å². The summed E-state index contributed by atoms with van der Waals surface area (Å²) in [6.45, 7) is 1.25. The van der Waals surface area contributed by atoms with Crippen LogP contribution in [0.5, 0.6) is 0 Å². The Morgan fingerprint density at radius 2 is 1.48 bits per heavy atom. The lowest BCUT2D eigenvalue weighted by molar-refractivity contribution is -0.143. The summed E-state index contributed by atoms with van der Waals surface area (Å²) in [5.74, 6) is -6.00. The van der Waals surface area contributed by atoms with Crippen LogP contribution in [0.1, 0.15) is 35.6 Å². The number of nitrogens with zero attached hydrogens (tertiary/aromatic N) is 1. The third-order valence-electron chi connectivity index (χ3n) is 5.79. The number of carboxylic acids is 1. The van der Waals surface area contributed by atoms with Crippen molar-refractivity contribution in [3.63, 3.8) is 0 Å². The van der Waals surface area contributed by atoms with Crippen molar-refractivity contribution in [3.05, 3.63) is 94.8 Å². The van der Waals surface area contributed by atoms with Crippen molar-refractivity contribution >= 4 is 12.1 Å². The fraction of sp³-hybridized carbons (Fsp3) is 0.200. The molecule has 0 radical (unpaired) electrons. The maximum absolute atomic E-state index is 14.3. The molecule has 3 aromatic rings. The van der Waals surface area contributed by atoms with E-state index >= 15 is 0 Å². The first-order valence-corrected chi connectivity index (χ1v) is 10.3. The molecule has 1 aliphatic rings. The molecule has 4 rings (SSSR count). The van der Waals surface area contributed by atoms with Gasteiger partial charge in [0, 0.05) is 24.1 Å². The second-order valence-corrected chi connectivity index (χ2v) is 7.62. The van der Waals surface area contributed by atoms with Gasteiger partial charge in [0.15, 0.2) is 17.7 Å². The summed E-state index contributed by atoms with van der Waals surface area (Å²) in [5.41, 5.74) is 3.31. The number of likely N-dealkylation sites (N-methyl/N-ethyl adjacent to an activating group) is 1. The van der Waals surface area contributed by atoms with E-state index in [9.17, 15) is 27.9 Å². The topological polar surface area (TPSA) is 66.8 Å². The first-order chi connectivity index (χ1) is 15.8. The summed E-state index contributed by atoms with van der Waals surface area (Å²) in [6.07, 6.45) is -1.00. The largest absolute Gasteiger partial charge is 0.479 e. The van der Waals surface area contributed by atoms with Crippen LogP contribution in [0.2, 0.25) is 0 Å². The Kier molecular flexibility index (Phi) is 6.09. The molecule has 0 aliphatic heterocycles. The van der Waals surface area contributed by atoms with E-state index in [-0.39, 0.29) is 25.1 Å². The number of rotatable bonds is 6. The monoisotopic (exact) mass is 455 g/mol. The van der Waals surface area contributed by atoms with E-state index in [1.807, 2.05) is 48.5 Å². The van der Waals surface area contributed by atoms with Gasteiger partial charge in [-0.15, -0.1) is 0 Å². The summed E-state index contributed by atoms with van der Waals surface area (Å²) in [4.78, 5) is 25.6. The SMILES string of the molecule is CCN(C(=O)OCC1c2ccccc2-c2ccccc21)C(C(=O)O)c1cc(F)c(F)cc1F. The molecule has 0 aromatic heterocycles. The highest BCUT2D eigenvalue weighted by atomic mass is 19.2. The molecule has 8 heteroatoms. The standard InChI is InChI=1S/C25H20F3NO4/c1-2-29(23(24(30)31)18-11-21(27)22(28)12-20(18)26)25(32)33-13-19-16-9-5-3-7-14(16)15-8-4-6-10-17(15)19/h3-12,19,23H,2,13H2,1H3,(H,30,31). The molecule has 0 heterocycles. The zero-order valence-electron chi connectivity index (χ0n) is 17.6. The van der Waals surface area contributed by atoms with Crippen LogP contribution < -0.4 is 0 Å². The predicted molar refractivity (Wildman–Crippen MR) is 114 cm³/mol. The zero-order valence-corrected chi connectivity index (χ0v) is 17.6. The third-order valence-corrected chi connectivity index (χ3v) is 5.79. The number of fused-ring (bicyclic) bond motifs is 3. The van der Waals surface area contributed by atoms with Gasteiger partial charge in [-0.2, -0.15) is 0 Å². The van der Waals surface area contributed by atoms with Gasteiger partial charge in [-0.05, 0) is 35.2 Å². The summed E-state index contributed by atoms with van der Waals surface area (Å²) in [6, 6.07) is 14.2. The minimum Gasteiger partial charge on any atom is -0.479 e. The number of hydrogen-bond acceptors (Lipinski definition) is 3. The minimum absolute atomic E-state index is 0.0735. The van der Waals surface area contributed by atoms with Crippen molar-refractivity contribution in [3.8, 4) is 11.1 Å². The molecule has 1 N–H and O–H groups in total. The number of ether oxygens (including phenoxy) is 1. The van der Waals surface area contributed by atoms with Crippen molar-refractivity contribution in [2.75, 3.05) is 13.2 Å². The second-order valence-electron chi connectivity index (χ2n) is 7.62. The quantitative estimate of drug-likeness (QED) is 0.499. The molecule has 0 spiro atoms. The average molecular weight is 455 g/mol. The molecule has 5 nitrogen and oxygen atoms in total. The van der Waals surface area contributed by atoms with Crippen LogP contribution in [0.3, 0.4) is 0 Å². The van der Waals surface area contributed by atoms with Gasteiger partial charge in [-0.1, -0.05) is 48.5 Å². The fourth-order valence-corrected chi connectivity index (χ4v) is 4.28.